The predicted octanol–water partition coefficient (Wildman–Crippen LogP) is 4.24. The summed E-state index contributed by atoms with van der Waals surface area (Å²) < 4.78 is 11.9. The van der Waals surface area contributed by atoms with Crippen LogP contribution in [0, 0.1) is 0 Å². The molecule has 0 fully saturated rings. The summed E-state index contributed by atoms with van der Waals surface area (Å²) in [7, 11) is 0. The highest BCUT2D eigenvalue weighted by Gasteiger charge is 2.14. The summed E-state index contributed by atoms with van der Waals surface area (Å²) in [6.07, 6.45) is 0. The molecule has 1 aromatic heterocycles. The predicted molar refractivity (Wildman–Crippen MR) is 129 cm³/mol. The van der Waals surface area contributed by atoms with Crippen LogP contribution in [0.25, 0.3) is 11.0 Å². The molecule has 0 unspecified atom stereocenters. The van der Waals surface area contributed by atoms with E-state index in [4.69, 9.17) is 38.4 Å². The number of para-hydroxylation sites is 2. The van der Waals surface area contributed by atoms with E-state index in [1.54, 1.807) is 30.3 Å². The van der Waals surface area contributed by atoms with Crippen molar-refractivity contribution in [2.24, 2.45) is 5.73 Å². The molecular weight excluding hydrogens is 479 g/mol. The highest BCUT2D eigenvalue weighted by molar-refractivity contribution is 6.35. The van der Waals surface area contributed by atoms with Crippen LogP contribution in [0.1, 0.15) is 21.7 Å². The number of nitrogens with one attached hydrogen (secondary N) is 2. The number of ether oxygens (including phenoxy) is 2. The fourth-order valence-electron chi connectivity index (χ4n) is 3.17. The zero-order valence-electron chi connectivity index (χ0n) is 17.8. The summed E-state index contributed by atoms with van der Waals surface area (Å²) in [5.41, 5.74) is 7.81. The van der Waals surface area contributed by atoms with Crippen molar-refractivity contribution in [2.75, 3.05) is 6.54 Å². The lowest BCUT2D eigenvalue weighted by atomic mass is 10.2. The van der Waals surface area contributed by atoms with Crippen molar-refractivity contribution >= 4 is 46.0 Å². The van der Waals surface area contributed by atoms with Crippen molar-refractivity contribution in [3.63, 3.8) is 0 Å². The Morgan fingerprint density at radius 2 is 1.76 bits per heavy atom. The van der Waals surface area contributed by atoms with Gasteiger partial charge in [-0.1, -0.05) is 41.4 Å². The smallest absolute Gasteiger partial charge is 0.251 e. The number of hydrogen-bond donors (Lipinski definition) is 3. The van der Waals surface area contributed by atoms with E-state index in [0.29, 0.717) is 32.9 Å². The lowest BCUT2D eigenvalue weighted by Gasteiger charge is -2.14. The van der Waals surface area contributed by atoms with E-state index in [-0.39, 0.29) is 25.3 Å². The molecule has 4 rings (SSSR count). The van der Waals surface area contributed by atoms with Crippen LogP contribution in [0.5, 0.6) is 11.5 Å². The Hall–Kier alpha value is -3.75. The topological polar surface area (TPSA) is 119 Å². The van der Waals surface area contributed by atoms with E-state index in [2.05, 4.69) is 15.3 Å². The summed E-state index contributed by atoms with van der Waals surface area (Å²) >= 11 is 12.2. The fourth-order valence-corrected chi connectivity index (χ4v) is 3.63. The van der Waals surface area contributed by atoms with E-state index in [9.17, 15) is 9.59 Å². The van der Waals surface area contributed by atoms with Crippen molar-refractivity contribution in [2.45, 2.75) is 13.2 Å². The molecule has 0 radical (unpaired) electrons. The number of aromatic nitrogens is 2. The largest absolute Gasteiger partial charge is 0.485 e. The first-order valence-corrected chi connectivity index (χ1v) is 11.0. The van der Waals surface area contributed by atoms with Crippen molar-refractivity contribution in [3.8, 4) is 11.5 Å². The molecule has 0 saturated carbocycles. The minimum atomic E-state index is -0.645. The number of aromatic amines is 1. The molecule has 4 aromatic rings. The minimum Gasteiger partial charge on any atom is -0.485 e. The number of primary amides is 1. The molecule has 3 aromatic carbocycles. The van der Waals surface area contributed by atoms with Gasteiger partial charge in [0.05, 0.1) is 17.6 Å². The molecule has 0 saturated heterocycles. The molecule has 8 nitrogen and oxygen atoms in total. The van der Waals surface area contributed by atoms with Crippen LogP contribution in [0.3, 0.4) is 0 Å². The van der Waals surface area contributed by atoms with Crippen molar-refractivity contribution < 1.29 is 19.1 Å². The number of carbonyl (C=O) groups is 2. The van der Waals surface area contributed by atoms with Gasteiger partial charge in [-0.25, -0.2) is 4.98 Å². The van der Waals surface area contributed by atoms with Gasteiger partial charge in [0.2, 0.25) is 5.91 Å². The third kappa shape index (κ3) is 5.78. The van der Waals surface area contributed by atoms with Gasteiger partial charge in [-0.3, -0.25) is 9.59 Å². The van der Waals surface area contributed by atoms with Crippen LogP contribution in [0.15, 0.2) is 60.7 Å². The fraction of sp³-hybridized carbons (Fsp3) is 0.125. The molecule has 10 heteroatoms. The molecule has 0 atom stereocenters. The van der Waals surface area contributed by atoms with E-state index in [0.717, 1.165) is 11.0 Å². The molecule has 0 bridgehead atoms. The van der Waals surface area contributed by atoms with Gasteiger partial charge in [-0.05, 0) is 42.5 Å². The van der Waals surface area contributed by atoms with Crippen molar-refractivity contribution in [1.82, 2.24) is 15.3 Å². The minimum absolute atomic E-state index is 0.114. The Bertz CT molecular complexity index is 1320. The molecule has 1 heterocycles. The second-order valence-electron chi connectivity index (χ2n) is 7.32. The second kappa shape index (κ2) is 10.5. The first-order valence-electron chi connectivity index (χ1n) is 10.2. The highest BCUT2D eigenvalue weighted by atomic mass is 35.5. The maximum atomic E-state index is 12.4. The quantitative estimate of drug-likeness (QED) is 0.318. The number of amides is 2. The zero-order valence-corrected chi connectivity index (χ0v) is 19.3. The van der Waals surface area contributed by atoms with Gasteiger partial charge in [-0.2, -0.15) is 0 Å². The molecule has 0 aliphatic rings. The molecule has 4 N–H and O–H groups in total. The van der Waals surface area contributed by atoms with Gasteiger partial charge < -0.3 is 25.5 Å². The lowest BCUT2D eigenvalue weighted by Crippen LogP contribution is -2.33. The van der Waals surface area contributed by atoms with Crippen molar-refractivity contribution in [1.29, 1.82) is 0 Å². The summed E-state index contributed by atoms with van der Waals surface area (Å²) in [5, 5.41) is 3.41. The average molecular weight is 499 g/mol. The number of nitrogens with zero attached hydrogens (tertiary/aromatic N) is 1. The third-order valence-corrected chi connectivity index (χ3v) is 5.42. The summed E-state index contributed by atoms with van der Waals surface area (Å²) in [5.74, 6) is 0.229. The van der Waals surface area contributed by atoms with Crippen LogP contribution in [0.4, 0.5) is 0 Å². The van der Waals surface area contributed by atoms with Crippen molar-refractivity contribution in [3.05, 3.63) is 87.7 Å². The summed E-state index contributed by atoms with van der Waals surface area (Å²) in [6.45, 7) is -0.0109. The number of carbonyl (C=O) groups excluding carboxylic acids is 2. The van der Waals surface area contributed by atoms with Gasteiger partial charge in [0, 0.05) is 21.2 Å². The number of benzene rings is 3. The van der Waals surface area contributed by atoms with Crippen LogP contribution in [-0.4, -0.2) is 28.3 Å². The number of rotatable bonds is 9. The molecule has 0 aliphatic carbocycles. The average Bonchev–Trinajstić information content (AvgIpc) is 3.24. The Kier molecular flexibility index (Phi) is 7.20. The lowest BCUT2D eigenvalue weighted by molar-refractivity contribution is -0.117. The maximum absolute atomic E-state index is 12.4. The number of halogens is 2. The summed E-state index contributed by atoms with van der Waals surface area (Å²) in [4.78, 5) is 31.1. The molecule has 0 aliphatic heterocycles. The SMILES string of the molecule is NC(=O)CNC(=O)c1ccc(OCc2nc3ccccc3[nH]2)c(OCc2ccc(Cl)cc2Cl)c1. The Morgan fingerprint density at radius 1 is 0.971 bits per heavy atom. The van der Waals surface area contributed by atoms with Crippen LogP contribution in [0.2, 0.25) is 10.0 Å². The van der Waals surface area contributed by atoms with Crippen LogP contribution < -0.4 is 20.5 Å². The zero-order chi connectivity index (χ0) is 24.1. The Labute approximate surface area is 205 Å². The first-order chi connectivity index (χ1) is 16.4. The first kappa shape index (κ1) is 23.4. The van der Waals surface area contributed by atoms with E-state index in [1.807, 2.05) is 24.3 Å². The van der Waals surface area contributed by atoms with Crippen LogP contribution >= 0.6 is 23.2 Å². The number of hydrogen-bond acceptors (Lipinski definition) is 5. The standard InChI is InChI=1S/C24H20Cl2N4O4/c25-16-7-5-15(17(26)10-16)12-33-21-9-14(24(32)28-11-22(27)31)6-8-20(21)34-13-23-29-18-3-1-2-4-19(18)30-23/h1-10H,11-13H2,(H2,27,31)(H,28,32)(H,29,30). The van der Waals surface area contributed by atoms with E-state index >= 15 is 0 Å². The number of nitrogens with two attached hydrogens (primary N) is 1. The van der Waals surface area contributed by atoms with Gasteiger partial charge in [0.15, 0.2) is 11.5 Å². The molecule has 34 heavy (non-hydrogen) atoms. The van der Waals surface area contributed by atoms with E-state index < -0.39 is 11.8 Å². The monoisotopic (exact) mass is 498 g/mol. The maximum Gasteiger partial charge on any atom is 0.251 e. The van der Waals surface area contributed by atoms with Gasteiger partial charge in [-0.15, -0.1) is 0 Å². The molecule has 174 valence electrons. The normalized spacial score (nSPS) is 10.8. The molecule has 2 amide bonds. The molecular formula is C24H20Cl2N4O4. The molecule has 0 spiro atoms. The number of imidazole rings is 1. The van der Waals surface area contributed by atoms with Gasteiger partial charge in [0.25, 0.3) is 5.91 Å². The van der Waals surface area contributed by atoms with Gasteiger partial charge in [0.1, 0.15) is 19.0 Å². The third-order valence-electron chi connectivity index (χ3n) is 4.83. The van der Waals surface area contributed by atoms with Gasteiger partial charge >= 0.3 is 0 Å². The Balaban J connectivity index is 1.55. The summed E-state index contributed by atoms with van der Waals surface area (Å²) in [6, 6.07) is 17.4. The number of fused-ring (bicyclic) bond motifs is 1. The second-order valence-corrected chi connectivity index (χ2v) is 8.17. The highest BCUT2D eigenvalue weighted by Crippen LogP contribution is 2.31. The number of H-pyrrole nitrogens is 1. The Morgan fingerprint density at radius 3 is 2.53 bits per heavy atom. The van der Waals surface area contributed by atoms with E-state index in [1.165, 1.54) is 6.07 Å². The van der Waals surface area contributed by atoms with Crippen LogP contribution in [-0.2, 0) is 18.0 Å².